The van der Waals surface area contributed by atoms with E-state index in [2.05, 4.69) is 23.6 Å². The topological polar surface area (TPSA) is 156 Å². The molecule has 0 radical (unpaired) electrons. The highest BCUT2D eigenvalue weighted by molar-refractivity contribution is 5.94. The maximum absolute atomic E-state index is 14.9. The summed E-state index contributed by atoms with van der Waals surface area (Å²) in [5, 5.41) is 47.6. The molecule has 2 aliphatic rings. The third-order valence-electron chi connectivity index (χ3n) is 16.6. The molecule has 2 rings (SSSR count). The lowest BCUT2D eigenvalue weighted by Crippen LogP contribution is -2.69. The summed E-state index contributed by atoms with van der Waals surface area (Å²) in [6, 6.07) is 0. The average molecular weight is 877 g/mol. The van der Waals surface area contributed by atoms with E-state index in [0.29, 0.717) is 51.4 Å². The van der Waals surface area contributed by atoms with Crippen molar-refractivity contribution in [3.05, 3.63) is 0 Å². The Bertz CT molecular complexity index is 1270. The number of piperidine rings is 2. The Morgan fingerprint density at radius 3 is 0.839 bits per heavy atom. The van der Waals surface area contributed by atoms with Crippen LogP contribution in [0.15, 0.2) is 0 Å². The monoisotopic (exact) mass is 877 g/mol. The van der Waals surface area contributed by atoms with Gasteiger partial charge in [-0.05, 0) is 120 Å². The van der Waals surface area contributed by atoms with Gasteiger partial charge in [0.1, 0.15) is 0 Å². The fourth-order valence-corrected chi connectivity index (χ4v) is 13.0. The minimum absolute atomic E-state index is 0.198. The molecule has 0 saturated carbocycles. The highest BCUT2D eigenvalue weighted by Crippen LogP contribution is 2.64. The molecule has 2 aliphatic heterocycles. The Kier molecular flexibility index (Phi) is 22.0. The summed E-state index contributed by atoms with van der Waals surface area (Å²) in [5.41, 5.74) is -6.93. The highest BCUT2D eigenvalue weighted by atomic mass is 16.4. The van der Waals surface area contributed by atoms with E-state index in [1.807, 2.05) is 69.5 Å². The number of carboxylic acid groups (broad SMARTS) is 4. The van der Waals surface area contributed by atoms with Crippen molar-refractivity contribution in [2.45, 2.75) is 258 Å². The number of hydrogen-bond donors (Lipinski definition) is 4. The number of unbranched alkanes of at least 4 members (excludes halogenated alkanes) is 18. The van der Waals surface area contributed by atoms with Crippen LogP contribution >= 0.6 is 0 Å². The van der Waals surface area contributed by atoms with Gasteiger partial charge in [-0.2, -0.15) is 0 Å². The minimum Gasteiger partial charge on any atom is -0.481 e. The number of rotatable bonds is 31. The van der Waals surface area contributed by atoms with Crippen molar-refractivity contribution >= 4 is 23.9 Å². The zero-order valence-corrected chi connectivity index (χ0v) is 42.0. The second-order valence-corrected chi connectivity index (χ2v) is 22.8. The maximum atomic E-state index is 14.9. The van der Waals surface area contributed by atoms with Crippen molar-refractivity contribution in [3.63, 3.8) is 0 Å². The van der Waals surface area contributed by atoms with Crippen molar-refractivity contribution in [2.75, 3.05) is 14.1 Å². The van der Waals surface area contributed by atoms with Crippen LogP contribution in [0, 0.1) is 34.5 Å². The van der Waals surface area contributed by atoms with Gasteiger partial charge in [-0.1, -0.05) is 142 Å². The summed E-state index contributed by atoms with van der Waals surface area (Å²) in [5.74, 6) is -10.3. The summed E-state index contributed by atoms with van der Waals surface area (Å²) in [6.07, 6.45) is 20.4. The van der Waals surface area contributed by atoms with Crippen LogP contribution in [0.1, 0.15) is 236 Å². The maximum Gasteiger partial charge on any atom is 0.311 e. The van der Waals surface area contributed by atoms with Crippen LogP contribution in [0.2, 0.25) is 0 Å². The van der Waals surface area contributed by atoms with Gasteiger partial charge in [0.2, 0.25) is 0 Å². The number of carbonyl (C=O) groups is 4. The van der Waals surface area contributed by atoms with Crippen molar-refractivity contribution in [3.8, 4) is 0 Å². The zero-order valence-electron chi connectivity index (χ0n) is 42.0. The minimum atomic E-state index is -2.41. The molecule has 0 bridgehead atoms. The molecule has 2 saturated heterocycles. The van der Waals surface area contributed by atoms with E-state index >= 15 is 0 Å². The molecule has 4 N–H and O–H groups in total. The van der Waals surface area contributed by atoms with Crippen molar-refractivity contribution in [1.82, 2.24) is 9.80 Å². The molecule has 0 spiro atoms. The lowest BCUT2D eigenvalue weighted by molar-refractivity contribution is -0.213. The lowest BCUT2D eigenvalue weighted by Gasteiger charge is -2.60. The molecular weight excluding hydrogens is 781 g/mol. The average Bonchev–Trinajstić information content (AvgIpc) is 3.15. The SMILES string of the molecule is CCCCCCCCCCCCC(C(=O)O)(C(C(=O)O)C1CC(C)(C)N(C)C(C)(C)C1)C(CCCCCCCCCCCC)(C(=O)O)C(C(=O)O)C1CC(C)(C)N(C)C(C)(C)C1. The van der Waals surface area contributed by atoms with Gasteiger partial charge in [0.25, 0.3) is 0 Å². The molecule has 4 unspecified atom stereocenters. The van der Waals surface area contributed by atoms with Gasteiger partial charge in [0.15, 0.2) is 0 Å². The molecule has 0 amide bonds. The Labute approximate surface area is 379 Å². The first-order valence-electron chi connectivity index (χ1n) is 25.2. The van der Waals surface area contributed by atoms with Gasteiger partial charge < -0.3 is 20.4 Å². The lowest BCUT2D eigenvalue weighted by atomic mass is 9.43. The molecule has 2 fully saturated rings. The Morgan fingerprint density at radius 2 is 0.645 bits per heavy atom. The standard InChI is InChI=1S/C52H96N2O8/c1-13-15-17-19-21-23-25-27-29-31-33-51(45(59)60,41(43(55)56)39-35-47(3,4)53(11)48(5,6)36-39)52(46(61)62,34-32-30-28-26-24-22-20-18-16-14-2)42(44(57)58)40-37-49(7,8)54(12)50(9,10)38-40/h39-42H,13-38H2,1-12H3,(H,55,56)(H,57,58)(H,59,60)(H,61,62). The Balaban J connectivity index is 2.91. The summed E-state index contributed by atoms with van der Waals surface area (Å²) in [4.78, 5) is 62.9. The predicted molar refractivity (Wildman–Crippen MR) is 253 cm³/mol. The summed E-state index contributed by atoms with van der Waals surface area (Å²) < 4.78 is 0. The summed E-state index contributed by atoms with van der Waals surface area (Å²) in [7, 11) is 4.02. The Hall–Kier alpha value is -2.20. The predicted octanol–water partition coefficient (Wildman–Crippen LogP) is 12.9. The van der Waals surface area contributed by atoms with E-state index in [4.69, 9.17) is 0 Å². The number of hydrogen-bond acceptors (Lipinski definition) is 6. The van der Waals surface area contributed by atoms with Gasteiger partial charge in [-0.3, -0.25) is 29.0 Å². The molecule has 362 valence electrons. The zero-order chi connectivity index (χ0) is 47.2. The van der Waals surface area contributed by atoms with E-state index in [0.717, 1.165) is 51.4 Å². The van der Waals surface area contributed by atoms with Crippen molar-refractivity contribution in [1.29, 1.82) is 0 Å². The van der Waals surface area contributed by atoms with Crippen LogP contribution in [0.5, 0.6) is 0 Å². The number of carboxylic acids is 4. The first-order valence-corrected chi connectivity index (χ1v) is 25.2. The largest absolute Gasteiger partial charge is 0.481 e. The second-order valence-electron chi connectivity index (χ2n) is 22.8. The molecule has 2 heterocycles. The van der Waals surface area contributed by atoms with Crippen LogP contribution in [0.3, 0.4) is 0 Å². The summed E-state index contributed by atoms with van der Waals surface area (Å²) >= 11 is 0. The fraction of sp³-hybridized carbons (Fsp3) is 0.923. The molecule has 0 aromatic heterocycles. The third-order valence-corrected chi connectivity index (χ3v) is 16.6. The highest BCUT2D eigenvalue weighted by Gasteiger charge is 2.73. The van der Waals surface area contributed by atoms with Gasteiger partial charge in [-0.25, -0.2) is 0 Å². The van der Waals surface area contributed by atoms with Crippen molar-refractivity contribution in [2.24, 2.45) is 34.5 Å². The van der Waals surface area contributed by atoms with Crippen LogP contribution in [-0.4, -0.2) is 90.4 Å². The number of likely N-dealkylation sites (tertiary alicyclic amines) is 2. The third kappa shape index (κ3) is 13.7. The van der Waals surface area contributed by atoms with E-state index in [9.17, 15) is 39.6 Å². The first-order chi connectivity index (χ1) is 28.8. The molecule has 0 aliphatic carbocycles. The number of nitrogens with zero attached hydrogens (tertiary/aromatic N) is 2. The van der Waals surface area contributed by atoms with Crippen LogP contribution in [0.25, 0.3) is 0 Å². The molecule has 0 aromatic carbocycles. The smallest absolute Gasteiger partial charge is 0.311 e. The van der Waals surface area contributed by atoms with E-state index in [-0.39, 0.29) is 12.8 Å². The fourth-order valence-electron chi connectivity index (χ4n) is 13.0. The van der Waals surface area contributed by atoms with E-state index < -0.39 is 80.5 Å². The Morgan fingerprint density at radius 1 is 0.435 bits per heavy atom. The molecule has 10 heteroatoms. The van der Waals surface area contributed by atoms with E-state index in [1.54, 1.807) is 0 Å². The van der Waals surface area contributed by atoms with Gasteiger partial charge in [0.05, 0.1) is 22.7 Å². The van der Waals surface area contributed by atoms with Gasteiger partial charge in [-0.15, -0.1) is 0 Å². The molecule has 0 aromatic rings. The quantitative estimate of drug-likeness (QED) is 0.0495. The molecular formula is C52H96N2O8. The summed E-state index contributed by atoms with van der Waals surface area (Å²) in [6.45, 7) is 20.7. The molecule has 62 heavy (non-hydrogen) atoms. The van der Waals surface area contributed by atoms with E-state index in [1.165, 1.54) is 51.4 Å². The molecule has 4 atom stereocenters. The normalized spacial score (nSPS) is 22.3. The van der Waals surface area contributed by atoms with Crippen LogP contribution < -0.4 is 0 Å². The van der Waals surface area contributed by atoms with Crippen LogP contribution in [0.4, 0.5) is 0 Å². The van der Waals surface area contributed by atoms with Crippen LogP contribution in [-0.2, 0) is 19.2 Å². The number of aliphatic carboxylic acids is 4. The van der Waals surface area contributed by atoms with Gasteiger partial charge in [0, 0.05) is 22.2 Å². The second kappa shape index (κ2) is 24.4. The van der Waals surface area contributed by atoms with Crippen molar-refractivity contribution < 1.29 is 39.6 Å². The van der Waals surface area contributed by atoms with Gasteiger partial charge >= 0.3 is 23.9 Å². The molecule has 10 nitrogen and oxygen atoms in total. The first kappa shape index (κ1) is 55.9.